The molecule has 1 saturated carbocycles. The lowest BCUT2D eigenvalue weighted by molar-refractivity contribution is 0.0954. The molecule has 90 valence electrons. The maximum absolute atomic E-state index is 11.8. The van der Waals surface area contributed by atoms with Gasteiger partial charge >= 0.3 is 0 Å². The Kier molecular flexibility index (Phi) is 3.85. The molecule has 0 bridgehead atoms. The topological polar surface area (TPSA) is 54.4 Å². The number of aromatic nitrogens is 1. The van der Waals surface area contributed by atoms with Gasteiger partial charge in [0.15, 0.2) is 0 Å². The second-order valence-corrected chi connectivity index (χ2v) is 4.28. The fourth-order valence-electron chi connectivity index (χ4n) is 2.18. The van der Waals surface area contributed by atoms with Crippen molar-refractivity contribution in [3.8, 4) is 0 Å². The minimum atomic E-state index is -0.165. The number of hydrogen-bond acceptors (Lipinski definition) is 3. The first-order chi connectivity index (χ1) is 8.31. The molecule has 1 aliphatic rings. The lowest BCUT2D eigenvalue weighted by Crippen LogP contribution is -2.20. The van der Waals surface area contributed by atoms with Crippen molar-refractivity contribution in [1.29, 1.82) is 0 Å². The van der Waals surface area contributed by atoms with Crippen LogP contribution in [0.15, 0.2) is 29.6 Å². The molecule has 1 N–H and O–H groups in total. The molecule has 1 heterocycles. The van der Waals surface area contributed by atoms with E-state index >= 15 is 0 Å². The van der Waals surface area contributed by atoms with Gasteiger partial charge in [0.1, 0.15) is 0 Å². The second kappa shape index (κ2) is 5.57. The summed E-state index contributed by atoms with van der Waals surface area (Å²) in [5.74, 6) is 0.384. The lowest BCUT2D eigenvalue weighted by atomic mass is 10.0. The largest absolute Gasteiger partial charge is 0.271 e. The summed E-state index contributed by atoms with van der Waals surface area (Å²) in [5, 5.41) is 4.25. The van der Waals surface area contributed by atoms with Crippen LogP contribution >= 0.6 is 0 Å². The third-order valence-electron chi connectivity index (χ3n) is 3.19. The number of nitrogens with zero attached hydrogens (tertiary/aromatic N) is 2. The van der Waals surface area contributed by atoms with Gasteiger partial charge in [-0.2, -0.15) is 5.10 Å². The van der Waals surface area contributed by atoms with Crippen LogP contribution in [0.1, 0.15) is 43.0 Å². The van der Waals surface area contributed by atoms with Crippen molar-refractivity contribution in [2.24, 2.45) is 11.0 Å². The van der Waals surface area contributed by atoms with Crippen LogP contribution in [0.4, 0.5) is 0 Å². The number of nitrogens with one attached hydrogen (secondary N) is 1. The van der Waals surface area contributed by atoms with E-state index in [1.165, 1.54) is 12.8 Å². The number of amides is 1. The summed E-state index contributed by atoms with van der Waals surface area (Å²) in [6.07, 6.45) is 7.70. The molecule has 17 heavy (non-hydrogen) atoms. The Morgan fingerprint density at radius 2 is 2.29 bits per heavy atom. The van der Waals surface area contributed by atoms with E-state index < -0.39 is 0 Å². The number of pyridine rings is 1. The van der Waals surface area contributed by atoms with Crippen LogP contribution in [0, 0.1) is 5.92 Å². The molecule has 0 radical (unpaired) electrons. The Hall–Kier alpha value is -1.71. The summed E-state index contributed by atoms with van der Waals surface area (Å²) in [6.45, 7) is 2.16. The maximum atomic E-state index is 11.8. The fraction of sp³-hybridized carbons (Fsp3) is 0.462. The molecule has 0 aliphatic heterocycles. The minimum absolute atomic E-state index is 0.165. The molecule has 0 unspecified atom stereocenters. The molecule has 2 rings (SSSR count). The lowest BCUT2D eigenvalue weighted by Gasteiger charge is -2.07. The van der Waals surface area contributed by atoms with Gasteiger partial charge in [-0.15, -0.1) is 0 Å². The first-order valence-electron chi connectivity index (χ1n) is 6.08. The Morgan fingerprint density at radius 3 is 3.00 bits per heavy atom. The van der Waals surface area contributed by atoms with Gasteiger partial charge in [0, 0.05) is 23.7 Å². The van der Waals surface area contributed by atoms with Crippen molar-refractivity contribution in [2.45, 2.75) is 32.6 Å². The molecule has 1 aromatic heterocycles. The highest BCUT2D eigenvalue weighted by Crippen LogP contribution is 2.24. The van der Waals surface area contributed by atoms with Crippen molar-refractivity contribution in [2.75, 3.05) is 0 Å². The smallest absolute Gasteiger partial charge is 0.267 e. The van der Waals surface area contributed by atoms with E-state index in [0.717, 1.165) is 18.6 Å². The number of rotatable bonds is 3. The zero-order valence-electron chi connectivity index (χ0n) is 10.0. The van der Waals surface area contributed by atoms with Gasteiger partial charge in [-0.3, -0.25) is 9.78 Å². The first-order valence-corrected chi connectivity index (χ1v) is 6.08. The van der Waals surface area contributed by atoms with Gasteiger partial charge in [0.25, 0.3) is 5.91 Å². The summed E-state index contributed by atoms with van der Waals surface area (Å²) < 4.78 is 0. The third-order valence-corrected chi connectivity index (χ3v) is 3.19. The van der Waals surface area contributed by atoms with Gasteiger partial charge < -0.3 is 0 Å². The van der Waals surface area contributed by atoms with Gasteiger partial charge in [0.05, 0.1) is 0 Å². The van der Waals surface area contributed by atoms with Crippen molar-refractivity contribution in [3.05, 3.63) is 30.1 Å². The highest BCUT2D eigenvalue weighted by molar-refractivity contribution is 5.96. The molecule has 1 amide bonds. The van der Waals surface area contributed by atoms with E-state index in [2.05, 4.69) is 22.4 Å². The first kappa shape index (κ1) is 11.8. The standard InChI is InChI=1S/C13H17N3O/c1-2-10-4-3-5-12(10)15-16-13(17)11-6-8-14-9-7-11/h6-10H,2-5H2,1H3,(H,16,17)/b15-12-/t10-/m0/s1. The summed E-state index contributed by atoms with van der Waals surface area (Å²) in [7, 11) is 0. The molecule has 1 aliphatic carbocycles. The van der Waals surface area contributed by atoms with Crippen LogP contribution < -0.4 is 5.43 Å². The van der Waals surface area contributed by atoms with Crippen LogP contribution in [-0.4, -0.2) is 16.6 Å². The monoisotopic (exact) mass is 231 g/mol. The van der Waals surface area contributed by atoms with Crippen molar-refractivity contribution >= 4 is 11.6 Å². The van der Waals surface area contributed by atoms with Gasteiger partial charge in [-0.1, -0.05) is 6.92 Å². The van der Waals surface area contributed by atoms with E-state index in [-0.39, 0.29) is 5.91 Å². The summed E-state index contributed by atoms with van der Waals surface area (Å²) in [5.41, 5.74) is 4.35. The number of carbonyl (C=O) groups is 1. The molecule has 1 atom stereocenters. The number of hydrogen-bond donors (Lipinski definition) is 1. The van der Waals surface area contributed by atoms with Gasteiger partial charge in [0.2, 0.25) is 0 Å². The maximum Gasteiger partial charge on any atom is 0.271 e. The SMILES string of the molecule is CC[C@H]1CCC/C1=N/NC(=O)c1ccncc1. The van der Waals surface area contributed by atoms with Crippen LogP contribution in [-0.2, 0) is 0 Å². The van der Waals surface area contributed by atoms with E-state index in [9.17, 15) is 4.79 Å². The average Bonchev–Trinajstić information content (AvgIpc) is 2.84. The molecular weight excluding hydrogens is 214 g/mol. The Balaban J connectivity index is 1.98. The van der Waals surface area contributed by atoms with Crippen LogP contribution in [0.2, 0.25) is 0 Å². The third kappa shape index (κ3) is 2.90. The second-order valence-electron chi connectivity index (χ2n) is 4.28. The Bertz CT molecular complexity index is 414. The Labute approximate surface area is 101 Å². The zero-order valence-corrected chi connectivity index (χ0v) is 10.0. The normalized spacial score (nSPS) is 21.7. The highest BCUT2D eigenvalue weighted by Gasteiger charge is 2.20. The highest BCUT2D eigenvalue weighted by atomic mass is 16.2. The predicted octanol–water partition coefficient (Wildman–Crippen LogP) is 2.38. The predicted molar refractivity (Wildman–Crippen MR) is 66.8 cm³/mol. The van der Waals surface area contributed by atoms with Crippen LogP contribution in [0.25, 0.3) is 0 Å². The summed E-state index contributed by atoms with van der Waals surface area (Å²) in [6, 6.07) is 3.36. The Morgan fingerprint density at radius 1 is 1.53 bits per heavy atom. The van der Waals surface area contributed by atoms with E-state index in [1.54, 1.807) is 24.5 Å². The molecule has 1 aromatic rings. The van der Waals surface area contributed by atoms with E-state index in [4.69, 9.17) is 0 Å². The van der Waals surface area contributed by atoms with Gasteiger partial charge in [-0.25, -0.2) is 5.43 Å². The van der Waals surface area contributed by atoms with Crippen LogP contribution in [0.3, 0.4) is 0 Å². The van der Waals surface area contributed by atoms with E-state index in [1.807, 2.05) is 0 Å². The molecular formula is C13H17N3O. The minimum Gasteiger partial charge on any atom is -0.267 e. The average molecular weight is 231 g/mol. The van der Waals surface area contributed by atoms with E-state index in [0.29, 0.717) is 11.5 Å². The number of carbonyl (C=O) groups excluding carboxylic acids is 1. The molecule has 0 spiro atoms. The van der Waals surface area contributed by atoms with Gasteiger partial charge in [-0.05, 0) is 43.7 Å². The quantitative estimate of drug-likeness (QED) is 0.812. The molecule has 1 fully saturated rings. The number of hydrazone groups is 1. The molecule has 4 heteroatoms. The molecule has 0 saturated heterocycles. The van der Waals surface area contributed by atoms with Crippen molar-refractivity contribution in [1.82, 2.24) is 10.4 Å². The zero-order chi connectivity index (χ0) is 12.1. The van der Waals surface area contributed by atoms with Crippen LogP contribution in [0.5, 0.6) is 0 Å². The summed E-state index contributed by atoms with van der Waals surface area (Å²) in [4.78, 5) is 15.6. The molecule has 0 aromatic carbocycles. The fourth-order valence-corrected chi connectivity index (χ4v) is 2.18. The molecule has 4 nitrogen and oxygen atoms in total. The summed E-state index contributed by atoms with van der Waals surface area (Å²) >= 11 is 0. The van der Waals surface area contributed by atoms with Crippen molar-refractivity contribution < 1.29 is 4.79 Å². The van der Waals surface area contributed by atoms with Crippen molar-refractivity contribution in [3.63, 3.8) is 0 Å².